The topological polar surface area (TPSA) is 106 Å². The van der Waals surface area contributed by atoms with Gasteiger partial charge in [-0.15, -0.1) is 0 Å². The zero-order valence-electron chi connectivity index (χ0n) is 13.4. The maximum Gasteiger partial charge on any atom is 0.334 e. The smallest absolute Gasteiger partial charge is 0.334 e. The number of hydrogen-bond acceptors (Lipinski definition) is 4. The molecule has 130 valence electrons. The first-order chi connectivity index (χ1) is 11.8. The Balaban J connectivity index is 1.71. The molecule has 0 spiro atoms. The highest BCUT2D eigenvalue weighted by molar-refractivity contribution is 8.07. The Labute approximate surface area is 146 Å². The van der Waals surface area contributed by atoms with Crippen LogP contribution in [0.3, 0.4) is 0 Å². The number of primary amides is 1. The number of anilines is 1. The van der Waals surface area contributed by atoms with Gasteiger partial charge in [0.05, 0.1) is 6.42 Å². The van der Waals surface area contributed by atoms with E-state index >= 15 is 0 Å². The molecule has 0 bridgehead atoms. The van der Waals surface area contributed by atoms with Gasteiger partial charge in [-0.2, -0.15) is 0 Å². The summed E-state index contributed by atoms with van der Waals surface area (Å²) < 4.78 is 23.1. The Hall–Kier alpha value is -2.67. The van der Waals surface area contributed by atoms with Crippen LogP contribution in [-0.2, 0) is 25.8 Å². The number of rotatable bonds is 5. The quantitative estimate of drug-likeness (QED) is 0.855. The summed E-state index contributed by atoms with van der Waals surface area (Å²) in [5.41, 5.74) is 7.01. The van der Waals surface area contributed by atoms with Crippen molar-refractivity contribution in [3.63, 3.8) is 0 Å². The molecule has 25 heavy (non-hydrogen) atoms. The molecule has 0 aromatic heterocycles. The Bertz CT molecular complexity index is 902. The van der Waals surface area contributed by atoms with E-state index in [1.807, 2.05) is 30.3 Å². The minimum atomic E-state index is -4.04. The van der Waals surface area contributed by atoms with Crippen LogP contribution < -0.4 is 11.1 Å². The first kappa shape index (κ1) is 17.2. The molecule has 0 atom stereocenters. The van der Waals surface area contributed by atoms with E-state index in [0.29, 0.717) is 24.1 Å². The lowest BCUT2D eigenvalue weighted by atomic mass is 10.1. The molecular weight excluding hydrogens is 340 g/mol. The number of amides is 2. The van der Waals surface area contributed by atoms with Crippen LogP contribution >= 0.6 is 0 Å². The fraction of sp³-hybridized carbons (Fsp3) is 0.222. The molecule has 6 nitrogen and oxygen atoms in total. The van der Waals surface area contributed by atoms with Crippen molar-refractivity contribution in [3.8, 4) is 0 Å². The van der Waals surface area contributed by atoms with Gasteiger partial charge in [-0.05, 0) is 36.1 Å². The van der Waals surface area contributed by atoms with Gasteiger partial charge < -0.3 is 11.1 Å². The molecule has 3 rings (SSSR count). The van der Waals surface area contributed by atoms with Crippen LogP contribution in [0.25, 0.3) is 0 Å². The van der Waals surface area contributed by atoms with Crippen LogP contribution in [0, 0.1) is 0 Å². The summed E-state index contributed by atoms with van der Waals surface area (Å²) in [6.45, 7) is 0. The Morgan fingerprint density at radius 3 is 2.12 bits per heavy atom. The Morgan fingerprint density at radius 1 is 1.00 bits per heavy atom. The van der Waals surface area contributed by atoms with E-state index in [2.05, 4.69) is 5.32 Å². The SMILES string of the molecule is NC(=O)S(=O)(=O)C1(c2ccc(NC(=O)Cc3ccccc3)cc2)CC1. The zero-order valence-corrected chi connectivity index (χ0v) is 14.3. The summed E-state index contributed by atoms with van der Waals surface area (Å²) in [5.74, 6) is -0.162. The number of nitrogens with one attached hydrogen (secondary N) is 1. The van der Waals surface area contributed by atoms with Crippen molar-refractivity contribution in [2.75, 3.05) is 5.32 Å². The average Bonchev–Trinajstić information content (AvgIpc) is 3.38. The third-order valence-corrected chi connectivity index (χ3v) is 6.59. The monoisotopic (exact) mass is 358 g/mol. The molecule has 0 radical (unpaired) electrons. The molecule has 3 N–H and O–H groups in total. The number of nitrogens with two attached hydrogens (primary N) is 1. The molecule has 1 aliphatic carbocycles. The highest BCUT2D eigenvalue weighted by Gasteiger charge is 2.58. The van der Waals surface area contributed by atoms with Gasteiger partial charge in [0.1, 0.15) is 4.75 Å². The van der Waals surface area contributed by atoms with Gasteiger partial charge in [-0.25, -0.2) is 8.42 Å². The van der Waals surface area contributed by atoms with Crippen molar-refractivity contribution in [3.05, 3.63) is 65.7 Å². The fourth-order valence-electron chi connectivity index (χ4n) is 2.86. The van der Waals surface area contributed by atoms with Crippen LogP contribution in [0.1, 0.15) is 24.0 Å². The van der Waals surface area contributed by atoms with Crippen LogP contribution in [0.2, 0.25) is 0 Å². The van der Waals surface area contributed by atoms with Crippen LogP contribution in [0.15, 0.2) is 54.6 Å². The highest BCUT2D eigenvalue weighted by atomic mass is 32.2. The maximum absolute atomic E-state index is 12.1. The normalized spacial score (nSPS) is 15.4. The van der Waals surface area contributed by atoms with E-state index in [-0.39, 0.29) is 12.3 Å². The summed E-state index contributed by atoms with van der Waals surface area (Å²) in [6, 6.07) is 15.9. The van der Waals surface area contributed by atoms with E-state index in [4.69, 9.17) is 5.73 Å². The molecule has 7 heteroatoms. The van der Waals surface area contributed by atoms with Crippen molar-refractivity contribution >= 4 is 26.7 Å². The molecule has 1 aliphatic rings. The average molecular weight is 358 g/mol. The molecule has 0 unspecified atom stereocenters. The zero-order chi connectivity index (χ0) is 18.1. The summed E-state index contributed by atoms with van der Waals surface area (Å²) >= 11 is 0. The van der Waals surface area contributed by atoms with Gasteiger partial charge in [-0.3, -0.25) is 9.59 Å². The molecular formula is C18H18N2O4S. The van der Waals surface area contributed by atoms with Crippen LogP contribution in [0.5, 0.6) is 0 Å². The van der Waals surface area contributed by atoms with Gasteiger partial charge in [0, 0.05) is 5.69 Å². The standard InChI is InChI=1S/C18H18N2O4S/c19-17(22)25(23,24)18(10-11-18)14-6-8-15(9-7-14)20-16(21)12-13-4-2-1-3-5-13/h1-9H,10-12H2,(H2,19,22)(H,20,21). The van der Waals surface area contributed by atoms with Crippen molar-refractivity contribution in [2.24, 2.45) is 5.73 Å². The van der Waals surface area contributed by atoms with E-state index in [0.717, 1.165) is 5.56 Å². The number of hydrogen-bond donors (Lipinski definition) is 2. The molecule has 1 saturated carbocycles. The Kier molecular flexibility index (Phi) is 4.34. The molecule has 2 aromatic rings. The number of carbonyl (C=O) groups is 2. The second-order valence-electron chi connectivity index (χ2n) is 6.10. The van der Waals surface area contributed by atoms with E-state index in [1.54, 1.807) is 24.3 Å². The minimum Gasteiger partial charge on any atom is -0.356 e. The van der Waals surface area contributed by atoms with Gasteiger partial charge in [-0.1, -0.05) is 42.5 Å². The van der Waals surface area contributed by atoms with E-state index in [1.165, 1.54) is 0 Å². The first-order valence-electron chi connectivity index (χ1n) is 7.83. The second-order valence-corrected chi connectivity index (χ2v) is 8.30. The van der Waals surface area contributed by atoms with Crippen LogP contribution in [0.4, 0.5) is 10.5 Å². The number of carbonyl (C=O) groups excluding carboxylic acids is 2. The highest BCUT2D eigenvalue weighted by Crippen LogP contribution is 2.53. The predicted octanol–water partition coefficient (Wildman–Crippen LogP) is 2.35. The molecule has 1 fully saturated rings. The third kappa shape index (κ3) is 3.28. The van der Waals surface area contributed by atoms with Crippen molar-refractivity contribution in [1.29, 1.82) is 0 Å². The molecule has 2 amide bonds. The number of benzene rings is 2. The second kappa shape index (κ2) is 6.33. The summed E-state index contributed by atoms with van der Waals surface area (Å²) in [7, 11) is -4.04. The molecule has 0 aliphatic heterocycles. The van der Waals surface area contributed by atoms with Crippen LogP contribution in [-0.4, -0.2) is 19.6 Å². The fourth-order valence-corrected chi connectivity index (χ4v) is 4.33. The molecule has 2 aromatic carbocycles. The van der Waals surface area contributed by atoms with Gasteiger partial charge in [0.25, 0.3) is 0 Å². The summed E-state index contributed by atoms with van der Waals surface area (Å²) in [5, 5.41) is 1.47. The Morgan fingerprint density at radius 2 is 1.60 bits per heavy atom. The molecule has 0 saturated heterocycles. The predicted molar refractivity (Wildman–Crippen MR) is 94.6 cm³/mol. The first-order valence-corrected chi connectivity index (χ1v) is 9.32. The lowest BCUT2D eigenvalue weighted by Crippen LogP contribution is -2.32. The van der Waals surface area contributed by atoms with E-state index < -0.39 is 19.8 Å². The van der Waals surface area contributed by atoms with Gasteiger partial charge in [0.2, 0.25) is 15.7 Å². The van der Waals surface area contributed by atoms with Crippen molar-refractivity contribution in [2.45, 2.75) is 24.0 Å². The minimum absolute atomic E-state index is 0.162. The number of sulfone groups is 1. The van der Waals surface area contributed by atoms with E-state index in [9.17, 15) is 18.0 Å². The lowest BCUT2D eigenvalue weighted by molar-refractivity contribution is -0.115. The maximum atomic E-state index is 12.1. The van der Waals surface area contributed by atoms with Gasteiger partial charge >= 0.3 is 5.24 Å². The largest absolute Gasteiger partial charge is 0.356 e. The summed E-state index contributed by atoms with van der Waals surface area (Å²) in [6.07, 6.45) is 0.999. The van der Waals surface area contributed by atoms with Crippen molar-refractivity contribution in [1.82, 2.24) is 0 Å². The lowest BCUT2D eigenvalue weighted by Gasteiger charge is -2.15. The van der Waals surface area contributed by atoms with Gasteiger partial charge in [0.15, 0.2) is 0 Å². The summed E-state index contributed by atoms with van der Waals surface area (Å²) in [4.78, 5) is 23.3. The third-order valence-electron chi connectivity index (χ3n) is 4.39. The van der Waals surface area contributed by atoms with Crippen molar-refractivity contribution < 1.29 is 18.0 Å². The molecule has 0 heterocycles.